The number of carbonyl (C=O) groups excluding carboxylic acids is 1. The SMILES string of the molecule is O=C(OC1COC1)N1CCN(c2ccnc3[nH]c(-c4cnn(C(F)F)c4)cc23)CC1. The Kier molecular flexibility index (Phi) is 4.74. The predicted molar refractivity (Wildman–Crippen MR) is 103 cm³/mol. The van der Waals surface area contributed by atoms with E-state index in [1.807, 2.05) is 12.1 Å². The maximum Gasteiger partial charge on any atom is 0.410 e. The highest BCUT2D eigenvalue weighted by molar-refractivity contribution is 5.93. The summed E-state index contributed by atoms with van der Waals surface area (Å²) in [6.45, 7) is 0.651. The second kappa shape index (κ2) is 7.56. The molecule has 2 aliphatic heterocycles. The fourth-order valence-corrected chi connectivity index (χ4v) is 3.66. The highest BCUT2D eigenvalue weighted by Crippen LogP contribution is 2.31. The highest BCUT2D eigenvalue weighted by atomic mass is 19.3. The van der Waals surface area contributed by atoms with Crippen LogP contribution in [0.25, 0.3) is 22.3 Å². The first-order valence-electron chi connectivity index (χ1n) is 9.67. The zero-order chi connectivity index (χ0) is 20.7. The molecule has 158 valence electrons. The zero-order valence-electron chi connectivity index (χ0n) is 16.0. The molecular weight excluding hydrogens is 398 g/mol. The average Bonchev–Trinajstić information content (AvgIpc) is 3.37. The number of pyridine rings is 1. The summed E-state index contributed by atoms with van der Waals surface area (Å²) in [7, 11) is 0. The van der Waals surface area contributed by atoms with E-state index in [-0.39, 0.29) is 12.2 Å². The third-order valence-electron chi connectivity index (χ3n) is 5.37. The maximum absolute atomic E-state index is 12.8. The summed E-state index contributed by atoms with van der Waals surface area (Å²) >= 11 is 0. The van der Waals surface area contributed by atoms with Gasteiger partial charge in [0.15, 0.2) is 6.10 Å². The topological polar surface area (TPSA) is 88.5 Å². The van der Waals surface area contributed by atoms with Crippen LogP contribution in [0.5, 0.6) is 0 Å². The molecule has 0 bridgehead atoms. The summed E-state index contributed by atoms with van der Waals surface area (Å²) in [6, 6.07) is 3.81. The summed E-state index contributed by atoms with van der Waals surface area (Å²) in [6.07, 6.45) is 3.96. The third-order valence-corrected chi connectivity index (χ3v) is 5.37. The van der Waals surface area contributed by atoms with E-state index >= 15 is 0 Å². The molecule has 3 aromatic rings. The van der Waals surface area contributed by atoms with Gasteiger partial charge in [-0.1, -0.05) is 0 Å². The quantitative estimate of drug-likeness (QED) is 0.700. The molecule has 5 rings (SSSR count). The van der Waals surface area contributed by atoms with Gasteiger partial charge in [-0.2, -0.15) is 13.9 Å². The van der Waals surface area contributed by atoms with Crippen LogP contribution in [0.15, 0.2) is 30.7 Å². The molecule has 3 aromatic heterocycles. The number of carbonyl (C=O) groups is 1. The van der Waals surface area contributed by atoms with Gasteiger partial charge in [-0.15, -0.1) is 0 Å². The molecule has 30 heavy (non-hydrogen) atoms. The Morgan fingerprint density at radius 2 is 2.07 bits per heavy atom. The largest absolute Gasteiger partial charge is 0.441 e. The van der Waals surface area contributed by atoms with Crippen LogP contribution in [0.1, 0.15) is 6.55 Å². The Morgan fingerprint density at radius 1 is 1.27 bits per heavy atom. The number of amides is 1. The van der Waals surface area contributed by atoms with Crippen LogP contribution in [0.2, 0.25) is 0 Å². The monoisotopic (exact) mass is 418 g/mol. The number of hydrogen-bond acceptors (Lipinski definition) is 6. The second-order valence-electron chi connectivity index (χ2n) is 7.28. The summed E-state index contributed by atoms with van der Waals surface area (Å²) in [5.74, 6) is 0. The van der Waals surface area contributed by atoms with E-state index in [0.717, 1.165) is 11.1 Å². The van der Waals surface area contributed by atoms with Crippen molar-refractivity contribution in [2.45, 2.75) is 12.7 Å². The zero-order valence-corrected chi connectivity index (χ0v) is 16.0. The molecule has 0 aliphatic carbocycles. The van der Waals surface area contributed by atoms with Crippen LogP contribution >= 0.6 is 0 Å². The van der Waals surface area contributed by atoms with Crippen molar-refractivity contribution in [3.05, 3.63) is 30.7 Å². The molecule has 0 saturated carbocycles. The number of fused-ring (bicyclic) bond motifs is 1. The van der Waals surface area contributed by atoms with Crippen LogP contribution in [0, 0.1) is 0 Å². The van der Waals surface area contributed by atoms with Crippen molar-refractivity contribution < 1.29 is 23.0 Å². The lowest BCUT2D eigenvalue weighted by molar-refractivity contribution is -0.104. The first kappa shape index (κ1) is 18.8. The molecular formula is C19H20F2N6O3. The summed E-state index contributed by atoms with van der Waals surface area (Å²) in [5, 5.41) is 4.58. The average molecular weight is 418 g/mol. The molecule has 0 atom stereocenters. The maximum atomic E-state index is 12.8. The molecule has 1 N–H and O–H groups in total. The number of hydrogen-bond donors (Lipinski definition) is 1. The Hall–Kier alpha value is -3.21. The smallest absolute Gasteiger partial charge is 0.410 e. The van der Waals surface area contributed by atoms with E-state index in [4.69, 9.17) is 9.47 Å². The number of halogens is 2. The lowest BCUT2D eigenvalue weighted by atomic mass is 10.2. The lowest BCUT2D eigenvalue weighted by Crippen LogP contribution is -2.51. The first-order chi connectivity index (χ1) is 14.6. The Morgan fingerprint density at radius 3 is 2.73 bits per heavy atom. The molecule has 2 fully saturated rings. The van der Waals surface area contributed by atoms with E-state index in [9.17, 15) is 13.6 Å². The minimum atomic E-state index is -2.68. The van der Waals surface area contributed by atoms with Crippen molar-refractivity contribution in [2.24, 2.45) is 0 Å². The van der Waals surface area contributed by atoms with E-state index < -0.39 is 6.55 Å². The Bertz CT molecular complexity index is 1060. The van der Waals surface area contributed by atoms with Crippen molar-refractivity contribution in [1.82, 2.24) is 24.6 Å². The Balaban J connectivity index is 1.32. The van der Waals surface area contributed by atoms with Crippen LogP contribution in [0.4, 0.5) is 19.3 Å². The molecule has 2 saturated heterocycles. The molecule has 9 nitrogen and oxygen atoms in total. The van der Waals surface area contributed by atoms with Gasteiger partial charge in [-0.05, 0) is 12.1 Å². The van der Waals surface area contributed by atoms with E-state index in [0.29, 0.717) is 61.0 Å². The number of ether oxygens (including phenoxy) is 2. The van der Waals surface area contributed by atoms with Gasteiger partial charge in [0.2, 0.25) is 0 Å². The molecule has 11 heteroatoms. The molecule has 5 heterocycles. The van der Waals surface area contributed by atoms with Gasteiger partial charge in [0.25, 0.3) is 0 Å². The van der Waals surface area contributed by atoms with Crippen LogP contribution in [-0.4, -0.2) is 76.2 Å². The van der Waals surface area contributed by atoms with E-state index in [1.54, 1.807) is 11.1 Å². The van der Waals surface area contributed by atoms with Gasteiger partial charge in [-0.3, -0.25) is 0 Å². The van der Waals surface area contributed by atoms with E-state index in [1.165, 1.54) is 12.4 Å². The van der Waals surface area contributed by atoms with Gasteiger partial charge in [0.05, 0.1) is 25.1 Å². The predicted octanol–water partition coefficient (Wildman–Crippen LogP) is 2.48. The summed E-state index contributed by atoms with van der Waals surface area (Å²) in [4.78, 5) is 23.6. The number of nitrogens with one attached hydrogen (secondary N) is 1. The number of piperazine rings is 1. The number of nitrogens with zero attached hydrogens (tertiary/aromatic N) is 5. The number of alkyl halides is 2. The van der Waals surface area contributed by atoms with Crippen LogP contribution < -0.4 is 4.90 Å². The van der Waals surface area contributed by atoms with Crippen LogP contribution in [-0.2, 0) is 9.47 Å². The molecule has 0 unspecified atom stereocenters. The molecule has 0 radical (unpaired) electrons. The number of aromatic amines is 1. The van der Waals surface area contributed by atoms with Crippen molar-refractivity contribution in [1.29, 1.82) is 0 Å². The number of aromatic nitrogens is 4. The summed E-state index contributed by atoms with van der Waals surface area (Å²) in [5.41, 5.74) is 2.87. The van der Waals surface area contributed by atoms with Crippen molar-refractivity contribution in [2.75, 3.05) is 44.3 Å². The van der Waals surface area contributed by atoms with Gasteiger partial charge in [0.1, 0.15) is 5.65 Å². The minimum Gasteiger partial charge on any atom is -0.441 e. The summed E-state index contributed by atoms with van der Waals surface area (Å²) < 4.78 is 36.7. The van der Waals surface area contributed by atoms with Crippen LogP contribution in [0.3, 0.4) is 0 Å². The van der Waals surface area contributed by atoms with Crippen molar-refractivity contribution in [3.8, 4) is 11.3 Å². The first-order valence-corrected chi connectivity index (χ1v) is 9.67. The van der Waals surface area contributed by atoms with Gasteiger partial charge >= 0.3 is 12.6 Å². The second-order valence-corrected chi connectivity index (χ2v) is 7.28. The minimum absolute atomic E-state index is 0.136. The lowest BCUT2D eigenvalue weighted by Gasteiger charge is -2.37. The number of H-pyrrole nitrogens is 1. The molecule has 1 amide bonds. The van der Waals surface area contributed by atoms with Crippen molar-refractivity contribution in [3.63, 3.8) is 0 Å². The molecule has 0 spiro atoms. The van der Waals surface area contributed by atoms with Gasteiger partial charge in [0, 0.05) is 55.2 Å². The number of anilines is 1. The standard InChI is InChI=1S/C19H20F2N6O3/c20-18(21)27-9-12(8-23-27)15-7-14-16(1-2-22-17(14)24-15)25-3-5-26(6-4-25)19(28)30-13-10-29-11-13/h1-2,7-9,13,18H,3-6,10-11H2,(H,22,24). The Labute approximate surface area is 170 Å². The molecule has 2 aliphatic rings. The van der Waals surface area contributed by atoms with E-state index in [2.05, 4.69) is 20.0 Å². The van der Waals surface area contributed by atoms with Gasteiger partial charge in [-0.25, -0.2) is 14.5 Å². The fraction of sp³-hybridized carbons (Fsp3) is 0.421. The normalized spacial score (nSPS) is 17.6. The highest BCUT2D eigenvalue weighted by Gasteiger charge is 2.28. The number of rotatable bonds is 4. The fourth-order valence-electron chi connectivity index (χ4n) is 3.66. The van der Waals surface area contributed by atoms with Gasteiger partial charge < -0.3 is 24.3 Å². The third kappa shape index (κ3) is 3.45. The molecule has 0 aromatic carbocycles. The van der Waals surface area contributed by atoms with Crippen molar-refractivity contribution >= 4 is 22.8 Å².